The van der Waals surface area contributed by atoms with Crippen LogP contribution in [0.4, 0.5) is 5.69 Å². The molecule has 0 aromatic heterocycles. The molecular formula is C10H10N2OS. The number of hydrogen-bond donors (Lipinski definition) is 1. The van der Waals surface area contributed by atoms with Crippen LogP contribution in [0.1, 0.15) is 0 Å². The van der Waals surface area contributed by atoms with Crippen molar-refractivity contribution in [3.63, 3.8) is 0 Å². The Labute approximate surface area is 86.7 Å². The number of carbonyl (C=O) groups excluding carboxylic acids is 1. The van der Waals surface area contributed by atoms with E-state index >= 15 is 0 Å². The van der Waals surface area contributed by atoms with Crippen LogP contribution >= 0.6 is 11.9 Å². The van der Waals surface area contributed by atoms with Gasteiger partial charge in [0.05, 0.1) is 0 Å². The van der Waals surface area contributed by atoms with Crippen molar-refractivity contribution < 1.29 is 4.79 Å². The summed E-state index contributed by atoms with van der Waals surface area (Å²) in [6.45, 7) is 0. The predicted molar refractivity (Wildman–Crippen MR) is 58.6 cm³/mol. The molecule has 0 fully saturated rings. The topological polar surface area (TPSA) is 46.3 Å². The first-order chi connectivity index (χ1) is 6.79. The van der Waals surface area contributed by atoms with Crippen molar-refractivity contribution in [2.24, 2.45) is 5.73 Å². The van der Waals surface area contributed by atoms with E-state index in [1.54, 1.807) is 6.08 Å². The lowest BCUT2D eigenvalue weighted by molar-refractivity contribution is -0.118. The number of primary amides is 1. The molecule has 3 nitrogen and oxygen atoms in total. The van der Waals surface area contributed by atoms with Crippen molar-refractivity contribution in [3.8, 4) is 0 Å². The molecule has 1 aliphatic heterocycles. The third-order valence-electron chi connectivity index (χ3n) is 1.99. The Morgan fingerprint density at radius 1 is 1.36 bits per heavy atom. The first-order valence-corrected chi connectivity index (χ1v) is 5.10. The van der Waals surface area contributed by atoms with Gasteiger partial charge < -0.3 is 5.73 Å². The Bertz CT molecular complexity index is 364. The Balaban J connectivity index is 2.24. The fourth-order valence-electron chi connectivity index (χ4n) is 1.33. The van der Waals surface area contributed by atoms with E-state index < -0.39 is 0 Å². The second-order valence-corrected chi connectivity index (χ2v) is 3.82. The monoisotopic (exact) mass is 206 g/mol. The van der Waals surface area contributed by atoms with Crippen molar-refractivity contribution >= 4 is 23.5 Å². The number of carbonyl (C=O) groups is 1. The maximum Gasteiger partial charge on any atom is 0.245 e. The molecule has 1 aromatic rings. The Kier molecular flexibility index (Phi) is 2.45. The maximum atomic E-state index is 11.1. The molecule has 1 atom stereocenters. The zero-order valence-electron chi connectivity index (χ0n) is 7.46. The van der Waals surface area contributed by atoms with Crippen molar-refractivity contribution in [3.05, 3.63) is 41.8 Å². The molecule has 1 amide bonds. The average molecular weight is 206 g/mol. The fraction of sp³-hybridized carbons (Fsp3) is 0.100. The van der Waals surface area contributed by atoms with Crippen molar-refractivity contribution in [1.29, 1.82) is 0 Å². The number of rotatable bonds is 2. The van der Waals surface area contributed by atoms with Gasteiger partial charge in [-0.15, -0.1) is 0 Å². The van der Waals surface area contributed by atoms with Crippen molar-refractivity contribution in [2.75, 3.05) is 4.31 Å². The standard InChI is InChI=1S/C10H10N2OS/c11-10(13)9-6-7-14-12(9)8-4-2-1-3-5-8/h1-7,9H,(H2,11,13). The van der Waals surface area contributed by atoms with Gasteiger partial charge in [0.25, 0.3) is 0 Å². The molecule has 0 bridgehead atoms. The highest BCUT2D eigenvalue weighted by Gasteiger charge is 2.25. The molecule has 1 aliphatic rings. The van der Waals surface area contributed by atoms with E-state index in [0.717, 1.165) is 5.69 Å². The third kappa shape index (κ3) is 1.61. The largest absolute Gasteiger partial charge is 0.368 e. The van der Waals surface area contributed by atoms with E-state index in [2.05, 4.69) is 0 Å². The van der Waals surface area contributed by atoms with Gasteiger partial charge in [0.2, 0.25) is 5.91 Å². The quantitative estimate of drug-likeness (QED) is 0.746. The summed E-state index contributed by atoms with van der Waals surface area (Å²) in [7, 11) is 0. The highest BCUT2D eigenvalue weighted by molar-refractivity contribution is 8.03. The molecule has 0 spiro atoms. The maximum absolute atomic E-state index is 11.1. The molecule has 72 valence electrons. The Morgan fingerprint density at radius 3 is 2.71 bits per heavy atom. The van der Waals surface area contributed by atoms with Crippen LogP contribution in [-0.2, 0) is 4.79 Å². The van der Waals surface area contributed by atoms with Crippen molar-refractivity contribution in [2.45, 2.75) is 6.04 Å². The molecular weight excluding hydrogens is 196 g/mol. The lowest BCUT2D eigenvalue weighted by atomic mass is 10.2. The van der Waals surface area contributed by atoms with E-state index in [4.69, 9.17) is 5.73 Å². The molecule has 0 saturated carbocycles. The van der Waals surface area contributed by atoms with Crippen LogP contribution in [0.5, 0.6) is 0 Å². The van der Waals surface area contributed by atoms with Gasteiger partial charge in [0.15, 0.2) is 0 Å². The normalized spacial score (nSPS) is 20.0. The first kappa shape index (κ1) is 9.15. The zero-order valence-corrected chi connectivity index (χ0v) is 8.28. The van der Waals surface area contributed by atoms with Crippen LogP contribution in [-0.4, -0.2) is 11.9 Å². The van der Waals surface area contributed by atoms with E-state index in [-0.39, 0.29) is 11.9 Å². The highest BCUT2D eigenvalue weighted by Crippen LogP contribution is 2.30. The van der Waals surface area contributed by atoms with Gasteiger partial charge in [-0.05, 0) is 35.6 Å². The summed E-state index contributed by atoms with van der Waals surface area (Å²) in [6.07, 6.45) is 1.81. The summed E-state index contributed by atoms with van der Waals surface area (Å²) in [6, 6.07) is 9.39. The first-order valence-electron chi connectivity index (χ1n) is 4.26. The minimum atomic E-state index is -0.331. The summed E-state index contributed by atoms with van der Waals surface area (Å²) < 4.78 is 1.89. The van der Waals surface area contributed by atoms with E-state index in [1.165, 1.54) is 11.9 Å². The van der Waals surface area contributed by atoms with E-state index in [1.807, 2.05) is 40.0 Å². The molecule has 2 rings (SSSR count). The number of hydrogen-bond acceptors (Lipinski definition) is 3. The van der Waals surface area contributed by atoms with E-state index in [0.29, 0.717) is 0 Å². The molecule has 14 heavy (non-hydrogen) atoms. The Hall–Kier alpha value is -1.42. The molecule has 0 aliphatic carbocycles. The van der Waals surface area contributed by atoms with Gasteiger partial charge in [-0.2, -0.15) is 0 Å². The number of nitrogens with zero attached hydrogens (tertiary/aromatic N) is 1. The minimum absolute atomic E-state index is 0.324. The molecule has 0 radical (unpaired) electrons. The lowest BCUT2D eigenvalue weighted by Crippen LogP contribution is -2.37. The van der Waals surface area contributed by atoms with E-state index in [9.17, 15) is 4.79 Å². The minimum Gasteiger partial charge on any atom is -0.368 e. The van der Waals surface area contributed by atoms with Crippen LogP contribution in [0.3, 0.4) is 0 Å². The Morgan fingerprint density at radius 2 is 2.07 bits per heavy atom. The second-order valence-electron chi connectivity index (χ2n) is 2.94. The average Bonchev–Trinajstić information content (AvgIpc) is 2.67. The molecule has 4 heteroatoms. The molecule has 1 aromatic carbocycles. The van der Waals surface area contributed by atoms with Crippen LogP contribution in [0, 0.1) is 0 Å². The molecule has 1 heterocycles. The SMILES string of the molecule is NC(=O)C1C=CSN1c1ccccc1. The number of nitrogens with two attached hydrogens (primary N) is 1. The number of amides is 1. The fourth-order valence-corrected chi connectivity index (χ4v) is 2.22. The number of anilines is 1. The summed E-state index contributed by atoms with van der Waals surface area (Å²) >= 11 is 1.48. The highest BCUT2D eigenvalue weighted by atomic mass is 32.2. The predicted octanol–water partition coefficient (Wildman–Crippen LogP) is 1.52. The lowest BCUT2D eigenvalue weighted by Gasteiger charge is -2.22. The van der Waals surface area contributed by atoms with Gasteiger partial charge in [-0.1, -0.05) is 18.2 Å². The molecule has 2 N–H and O–H groups in total. The van der Waals surface area contributed by atoms with Crippen LogP contribution < -0.4 is 10.0 Å². The smallest absolute Gasteiger partial charge is 0.245 e. The van der Waals surface area contributed by atoms with Crippen LogP contribution in [0.2, 0.25) is 0 Å². The van der Waals surface area contributed by atoms with Crippen molar-refractivity contribution in [1.82, 2.24) is 0 Å². The molecule has 1 unspecified atom stereocenters. The summed E-state index contributed by atoms with van der Waals surface area (Å²) in [4.78, 5) is 11.1. The van der Waals surface area contributed by atoms with Gasteiger partial charge in [0.1, 0.15) is 6.04 Å². The van der Waals surface area contributed by atoms with Gasteiger partial charge in [0, 0.05) is 5.69 Å². The van der Waals surface area contributed by atoms with Gasteiger partial charge in [-0.3, -0.25) is 9.10 Å². The summed E-state index contributed by atoms with van der Waals surface area (Å²) in [5.74, 6) is -0.324. The summed E-state index contributed by atoms with van der Waals surface area (Å²) in [5.41, 5.74) is 6.27. The van der Waals surface area contributed by atoms with Gasteiger partial charge >= 0.3 is 0 Å². The van der Waals surface area contributed by atoms with Gasteiger partial charge in [-0.25, -0.2) is 0 Å². The summed E-state index contributed by atoms with van der Waals surface area (Å²) in [5, 5.41) is 1.88. The zero-order chi connectivity index (χ0) is 9.97. The van der Waals surface area contributed by atoms with Crippen LogP contribution in [0.15, 0.2) is 41.8 Å². The number of benzene rings is 1. The van der Waals surface area contributed by atoms with Crippen LogP contribution in [0.25, 0.3) is 0 Å². The third-order valence-corrected chi connectivity index (χ3v) is 2.93. The second kappa shape index (κ2) is 3.75. The molecule has 0 saturated heterocycles. The number of para-hydroxylation sites is 1.